The normalized spacial score (nSPS) is 17.5. The molecule has 10 heteroatoms. The Kier molecular flexibility index (Phi) is 4.56. The Hall–Kier alpha value is -2.52. The lowest BCUT2D eigenvalue weighted by Crippen LogP contribution is -2.44. The highest BCUT2D eigenvalue weighted by Crippen LogP contribution is 2.29. The van der Waals surface area contributed by atoms with Crippen molar-refractivity contribution in [3.8, 4) is 5.95 Å². The van der Waals surface area contributed by atoms with Gasteiger partial charge < -0.3 is 15.0 Å². The number of rotatable bonds is 3. The number of ether oxygens (including phenoxy) is 1. The molecule has 4 rings (SSSR count). The Balaban J connectivity index is 1.91. The third-order valence-corrected chi connectivity index (χ3v) is 4.71. The van der Waals surface area contributed by atoms with Crippen molar-refractivity contribution in [1.29, 1.82) is 0 Å². The average molecular weight is 395 g/mol. The molecule has 142 valence electrons. The lowest BCUT2D eigenvalue weighted by atomic mass is 10.2. The number of benzene rings is 1. The minimum Gasteiger partial charge on any atom is -0.377 e. The Morgan fingerprint density at radius 3 is 2.81 bits per heavy atom. The molecule has 1 N–H and O–H groups in total. The van der Waals surface area contributed by atoms with Crippen LogP contribution in [-0.4, -0.2) is 52.4 Å². The molecule has 1 saturated heterocycles. The first-order valence-electron chi connectivity index (χ1n) is 8.43. The average Bonchev–Trinajstić information content (AvgIpc) is 3.02. The summed E-state index contributed by atoms with van der Waals surface area (Å²) in [5, 5.41) is 2.63. The second kappa shape index (κ2) is 6.90. The summed E-state index contributed by atoms with van der Waals surface area (Å²) >= 11 is 6.08. The molecule has 3 aromatic rings. The monoisotopic (exact) mass is 394 g/mol. The van der Waals surface area contributed by atoms with Gasteiger partial charge in [-0.1, -0.05) is 11.6 Å². The molecule has 2 aromatic heterocycles. The van der Waals surface area contributed by atoms with Crippen LogP contribution in [0, 0.1) is 11.6 Å². The fourth-order valence-corrected chi connectivity index (χ4v) is 3.31. The van der Waals surface area contributed by atoms with E-state index >= 15 is 0 Å². The summed E-state index contributed by atoms with van der Waals surface area (Å²) < 4.78 is 35.3. The van der Waals surface area contributed by atoms with Crippen LogP contribution < -0.4 is 10.2 Å². The molecule has 0 saturated carbocycles. The standard InChI is InChI=1S/C17H17ClF2N6O/c1-9-8-27-6-5-25(9)15-13(20)14(18)23-17(24-15)26-12-4-3-10(19)7-11(12)22-16(26)21-2/h3-4,7,9H,5-6,8H2,1-2H3,(H,21,22)/t9-/m1/s1. The van der Waals surface area contributed by atoms with Crippen LogP contribution in [0.15, 0.2) is 18.2 Å². The SMILES string of the molecule is CNc1nc2cc(F)ccc2n1-c1nc(Cl)c(F)c(N2CCOC[C@H]2C)n1. The van der Waals surface area contributed by atoms with E-state index in [-0.39, 0.29) is 23.0 Å². The highest BCUT2D eigenvalue weighted by Gasteiger charge is 2.27. The molecular weight excluding hydrogens is 378 g/mol. The number of anilines is 2. The first-order chi connectivity index (χ1) is 13.0. The Bertz CT molecular complexity index is 1010. The Morgan fingerprint density at radius 2 is 2.07 bits per heavy atom. The number of halogens is 3. The largest absolute Gasteiger partial charge is 0.377 e. The highest BCUT2D eigenvalue weighted by atomic mass is 35.5. The van der Waals surface area contributed by atoms with E-state index < -0.39 is 11.6 Å². The van der Waals surface area contributed by atoms with Gasteiger partial charge in [-0.05, 0) is 19.1 Å². The van der Waals surface area contributed by atoms with E-state index in [1.807, 2.05) is 6.92 Å². The van der Waals surface area contributed by atoms with Gasteiger partial charge >= 0.3 is 0 Å². The van der Waals surface area contributed by atoms with Crippen LogP contribution in [0.25, 0.3) is 17.0 Å². The molecule has 27 heavy (non-hydrogen) atoms. The fourth-order valence-electron chi connectivity index (χ4n) is 3.15. The van der Waals surface area contributed by atoms with Gasteiger partial charge in [0.05, 0.1) is 30.3 Å². The molecule has 0 aliphatic carbocycles. The van der Waals surface area contributed by atoms with E-state index in [1.165, 1.54) is 12.1 Å². The van der Waals surface area contributed by atoms with Gasteiger partial charge in [0.15, 0.2) is 11.0 Å². The molecule has 1 aromatic carbocycles. The van der Waals surface area contributed by atoms with Crippen LogP contribution in [-0.2, 0) is 4.74 Å². The zero-order chi connectivity index (χ0) is 19.1. The van der Waals surface area contributed by atoms with Gasteiger partial charge in [0.25, 0.3) is 0 Å². The topological polar surface area (TPSA) is 68.1 Å². The van der Waals surface area contributed by atoms with Gasteiger partial charge in [-0.3, -0.25) is 0 Å². The van der Waals surface area contributed by atoms with Gasteiger partial charge in [0.2, 0.25) is 17.7 Å². The first-order valence-corrected chi connectivity index (χ1v) is 8.81. The van der Waals surface area contributed by atoms with Crippen LogP contribution in [0.4, 0.5) is 20.5 Å². The van der Waals surface area contributed by atoms with Gasteiger partial charge in [-0.15, -0.1) is 0 Å². The lowest BCUT2D eigenvalue weighted by Gasteiger charge is -2.34. The smallest absolute Gasteiger partial charge is 0.240 e. The minimum absolute atomic E-state index is 0.0653. The van der Waals surface area contributed by atoms with E-state index in [0.29, 0.717) is 36.7 Å². The third kappa shape index (κ3) is 3.06. The van der Waals surface area contributed by atoms with Crippen molar-refractivity contribution in [2.24, 2.45) is 0 Å². The molecule has 0 spiro atoms. The third-order valence-electron chi connectivity index (χ3n) is 4.46. The zero-order valence-corrected chi connectivity index (χ0v) is 15.5. The molecule has 0 amide bonds. The fraction of sp³-hybridized carbons (Fsp3) is 0.353. The molecule has 1 fully saturated rings. The number of morpholine rings is 1. The molecule has 1 aliphatic rings. The van der Waals surface area contributed by atoms with Crippen LogP contribution in [0.2, 0.25) is 5.15 Å². The number of nitrogens with zero attached hydrogens (tertiary/aromatic N) is 5. The van der Waals surface area contributed by atoms with E-state index in [9.17, 15) is 8.78 Å². The quantitative estimate of drug-likeness (QED) is 0.689. The van der Waals surface area contributed by atoms with Gasteiger partial charge in [0.1, 0.15) is 5.82 Å². The molecule has 1 atom stereocenters. The Morgan fingerprint density at radius 1 is 1.26 bits per heavy atom. The maximum atomic E-state index is 14.7. The van der Waals surface area contributed by atoms with Crippen molar-refractivity contribution in [1.82, 2.24) is 19.5 Å². The number of aromatic nitrogens is 4. The summed E-state index contributed by atoms with van der Waals surface area (Å²) in [6.45, 7) is 3.34. The number of hydrogen-bond donors (Lipinski definition) is 1. The predicted molar refractivity (Wildman–Crippen MR) is 98.8 cm³/mol. The van der Waals surface area contributed by atoms with E-state index in [0.717, 1.165) is 0 Å². The van der Waals surface area contributed by atoms with Crippen molar-refractivity contribution in [3.05, 3.63) is 35.0 Å². The van der Waals surface area contributed by atoms with Crippen molar-refractivity contribution >= 4 is 34.4 Å². The minimum atomic E-state index is -0.685. The predicted octanol–water partition coefficient (Wildman–Crippen LogP) is 3.01. The molecule has 0 bridgehead atoms. The number of fused-ring (bicyclic) bond motifs is 1. The number of imidazole rings is 1. The van der Waals surface area contributed by atoms with Gasteiger partial charge in [0, 0.05) is 19.7 Å². The summed E-state index contributed by atoms with van der Waals surface area (Å²) in [6, 6.07) is 4.12. The molecule has 7 nitrogen and oxygen atoms in total. The molecule has 0 unspecified atom stereocenters. The van der Waals surface area contributed by atoms with E-state index in [2.05, 4.69) is 20.3 Å². The summed E-state index contributed by atoms with van der Waals surface area (Å²) in [4.78, 5) is 14.6. The van der Waals surface area contributed by atoms with Crippen molar-refractivity contribution in [2.45, 2.75) is 13.0 Å². The second-order valence-corrected chi connectivity index (χ2v) is 6.58. The number of hydrogen-bond acceptors (Lipinski definition) is 6. The summed E-state index contributed by atoms with van der Waals surface area (Å²) in [6.07, 6.45) is 0. The highest BCUT2D eigenvalue weighted by molar-refractivity contribution is 6.29. The van der Waals surface area contributed by atoms with Gasteiger partial charge in [-0.2, -0.15) is 14.4 Å². The van der Waals surface area contributed by atoms with Crippen LogP contribution >= 0.6 is 11.6 Å². The first kappa shape index (κ1) is 17.9. The molecule has 3 heterocycles. The van der Waals surface area contributed by atoms with E-state index in [1.54, 1.807) is 22.6 Å². The molecular formula is C17H17ClF2N6O. The zero-order valence-electron chi connectivity index (χ0n) is 14.7. The van der Waals surface area contributed by atoms with Crippen molar-refractivity contribution in [2.75, 3.05) is 37.0 Å². The maximum Gasteiger partial charge on any atom is 0.240 e. The van der Waals surface area contributed by atoms with E-state index in [4.69, 9.17) is 16.3 Å². The molecule has 1 aliphatic heterocycles. The summed E-state index contributed by atoms with van der Waals surface area (Å²) in [7, 11) is 1.67. The Labute approximate surface area is 158 Å². The van der Waals surface area contributed by atoms with Crippen molar-refractivity contribution in [3.63, 3.8) is 0 Å². The van der Waals surface area contributed by atoms with Crippen LogP contribution in [0.1, 0.15) is 6.92 Å². The maximum absolute atomic E-state index is 14.7. The van der Waals surface area contributed by atoms with Crippen LogP contribution in [0.5, 0.6) is 0 Å². The summed E-state index contributed by atoms with van der Waals surface area (Å²) in [5.74, 6) is -0.453. The van der Waals surface area contributed by atoms with Gasteiger partial charge in [-0.25, -0.2) is 13.9 Å². The van der Waals surface area contributed by atoms with Crippen LogP contribution in [0.3, 0.4) is 0 Å². The second-order valence-electron chi connectivity index (χ2n) is 6.22. The summed E-state index contributed by atoms with van der Waals surface area (Å²) in [5.41, 5.74) is 0.995. The number of nitrogens with one attached hydrogen (secondary N) is 1. The lowest BCUT2D eigenvalue weighted by molar-refractivity contribution is 0.0981. The molecule has 0 radical (unpaired) electrons. The van der Waals surface area contributed by atoms with Crippen molar-refractivity contribution < 1.29 is 13.5 Å².